The van der Waals surface area contributed by atoms with Crippen molar-refractivity contribution in [1.29, 1.82) is 0 Å². The predicted octanol–water partition coefficient (Wildman–Crippen LogP) is 3.26. The maximum absolute atomic E-state index is 12.8. The fourth-order valence-corrected chi connectivity index (χ4v) is 3.97. The minimum Gasteiger partial charge on any atom is -0.392 e. The molecule has 1 aliphatic rings. The van der Waals surface area contributed by atoms with Gasteiger partial charge in [0.1, 0.15) is 5.76 Å². The van der Waals surface area contributed by atoms with Gasteiger partial charge in [-0.05, 0) is 44.9 Å². The van der Waals surface area contributed by atoms with Crippen LogP contribution in [0.1, 0.15) is 51.8 Å². The van der Waals surface area contributed by atoms with E-state index < -0.39 is 0 Å². The van der Waals surface area contributed by atoms with Crippen LogP contribution in [-0.2, 0) is 6.61 Å². The molecule has 0 saturated carbocycles. The molecule has 0 bridgehead atoms. The van der Waals surface area contributed by atoms with Crippen LogP contribution in [0.25, 0.3) is 11.3 Å². The Labute approximate surface area is 169 Å². The fraction of sp³-hybridized carbons (Fsp3) is 0.364. The van der Waals surface area contributed by atoms with Crippen LogP contribution in [0.15, 0.2) is 41.2 Å². The number of pyridine rings is 2. The number of aliphatic hydroxyl groups is 1. The van der Waals surface area contributed by atoms with Gasteiger partial charge >= 0.3 is 0 Å². The lowest BCUT2D eigenvalue weighted by Gasteiger charge is -2.32. The van der Waals surface area contributed by atoms with E-state index in [-0.39, 0.29) is 18.4 Å². The van der Waals surface area contributed by atoms with Crippen LogP contribution in [0.4, 0.5) is 0 Å². The van der Waals surface area contributed by atoms with Crippen LogP contribution in [0.2, 0.25) is 0 Å². The van der Waals surface area contributed by atoms with E-state index in [2.05, 4.69) is 10.1 Å². The van der Waals surface area contributed by atoms with Crippen LogP contribution in [-0.4, -0.2) is 44.1 Å². The quantitative estimate of drug-likeness (QED) is 0.733. The number of hydrogen-bond acceptors (Lipinski definition) is 6. The Morgan fingerprint density at radius 3 is 2.86 bits per heavy atom. The zero-order valence-corrected chi connectivity index (χ0v) is 16.6. The van der Waals surface area contributed by atoms with Gasteiger partial charge in [-0.3, -0.25) is 14.8 Å². The SMILES string of the molecule is Cc1noc(C)c1-c1nc([C@@H]2CCCN(C(=O)c3cccnc3)C2)ccc1CO. The number of carbonyl (C=O) groups is 1. The monoisotopic (exact) mass is 392 g/mol. The normalized spacial score (nSPS) is 16.8. The highest BCUT2D eigenvalue weighted by Gasteiger charge is 2.27. The van der Waals surface area contributed by atoms with Crippen molar-refractivity contribution in [1.82, 2.24) is 20.0 Å². The first-order chi connectivity index (χ1) is 14.1. The van der Waals surface area contributed by atoms with Crippen molar-refractivity contribution in [2.45, 2.75) is 39.2 Å². The Hall–Kier alpha value is -3.06. The first-order valence-corrected chi connectivity index (χ1v) is 9.81. The molecule has 0 aromatic carbocycles. The molecule has 7 heteroatoms. The standard InChI is InChI=1S/C22H24N4O3/c1-14-20(15(2)29-25-14)21-18(13-27)7-8-19(24-21)17-6-4-10-26(12-17)22(28)16-5-3-9-23-11-16/h3,5,7-9,11,17,27H,4,6,10,12-13H2,1-2H3/t17-/m1/s1. The highest BCUT2D eigenvalue weighted by molar-refractivity contribution is 5.94. The van der Waals surface area contributed by atoms with E-state index in [1.807, 2.05) is 30.9 Å². The van der Waals surface area contributed by atoms with Crippen LogP contribution in [0, 0.1) is 13.8 Å². The molecule has 1 amide bonds. The maximum Gasteiger partial charge on any atom is 0.255 e. The zero-order chi connectivity index (χ0) is 20.4. The molecule has 1 N–H and O–H groups in total. The van der Waals surface area contributed by atoms with Gasteiger partial charge in [-0.2, -0.15) is 0 Å². The van der Waals surface area contributed by atoms with Gasteiger partial charge in [0.15, 0.2) is 0 Å². The van der Waals surface area contributed by atoms with Crippen molar-refractivity contribution < 1.29 is 14.4 Å². The average molecular weight is 392 g/mol. The van der Waals surface area contributed by atoms with Gasteiger partial charge in [-0.25, -0.2) is 0 Å². The summed E-state index contributed by atoms with van der Waals surface area (Å²) in [6.07, 6.45) is 5.15. The molecule has 29 heavy (non-hydrogen) atoms. The minimum atomic E-state index is -0.108. The van der Waals surface area contributed by atoms with Crippen LogP contribution < -0.4 is 0 Å². The average Bonchev–Trinajstić information content (AvgIpc) is 3.11. The number of nitrogens with zero attached hydrogens (tertiary/aromatic N) is 4. The lowest BCUT2D eigenvalue weighted by atomic mass is 9.92. The molecule has 0 spiro atoms. The zero-order valence-electron chi connectivity index (χ0n) is 16.6. The molecule has 0 radical (unpaired) electrons. The van der Waals surface area contributed by atoms with Crippen LogP contribution in [0.3, 0.4) is 0 Å². The summed E-state index contributed by atoms with van der Waals surface area (Å²) in [5.74, 6) is 0.816. The smallest absolute Gasteiger partial charge is 0.255 e. The fourth-order valence-electron chi connectivity index (χ4n) is 3.97. The summed E-state index contributed by atoms with van der Waals surface area (Å²) < 4.78 is 5.30. The van der Waals surface area contributed by atoms with Crippen molar-refractivity contribution in [3.63, 3.8) is 0 Å². The van der Waals surface area contributed by atoms with Crippen molar-refractivity contribution in [3.8, 4) is 11.3 Å². The van der Waals surface area contributed by atoms with Gasteiger partial charge in [0.25, 0.3) is 5.91 Å². The van der Waals surface area contributed by atoms with Gasteiger partial charge in [-0.1, -0.05) is 11.2 Å². The molecule has 150 valence electrons. The first kappa shape index (κ1) is 19.3. The summed E-state index contributed by atoms with van der Waals surface area (Å²) in [5.41, 5.74) is 4.54. The molecular weight excluding hydrogens is 368 g/mol. The predicted molar refractivity (Wildman–Crippen MR) is 107 cm³/mol. The Morgan fingerprint density at radius 2 is 2.17 bits per heavy atom. The highest BCUT2D eigenvalue weighted by Crippen LogP contribution is 2.32. The largest absolute Gasteiger partial charge is 0.392 e. The van der Waals surface area contributed by atoms with Gasteiger partial charge in [0.2, 0.25) is 0 Å². The van der Waals surface area contributed by atoms with E-state index in [0.29, 0.717) is 23.6 Å². The summed E-state index contributed by atoms with van der Waals surface area (Å²) in [6.45, 7) is 4.95. The van der Waals surface area contributed by atoms with Crippen molar-refractivity contribution in [2.24, 2.45) is 0 Å². The van der Waals surface area contributed by atoms with E-state index >= 15 is 0 Å². The molecule has 1 fully saturated rings. The summed E-state index contributed by atoms with van der Waals surface area (Å²) in [5, 5.41) is 13.8. The Bertz CT molecular complexity index is 997. The summed E-state index contributed by atoms with van der Waals surface area (Å²) >= 11 is 0. The Kier molecular flexibility index (Phi) is 5.40. The van der Waals surface area contributed by atoms with Gasteiger partial charge in [0.05, 0.1) is 29.1 Å². The molecule has 3 aromatic rings. The second-order valence-corrected chi connectivity index (χ2v) is 7.43. The van der Waals surface area contributed by atoms with E-state index in [1.165, 1.54) is 0 Å². The van der Waals surface area contributed by atoms with E-state index in [1.54, 1.807) is 24.5 Å². The molecule has 4 rings (SSSR count). The van der Waals surface area contributed by atoms with Crippen molar-refractivity contribution in [2.75, 3.05) is 13.1 Å². The minimum absolute atomic E-state index is 0.000672. The molecule has 0 unspecified atom stereocenters. The molecule has 0 aliphatic carbocycles. The van der Waals surface area contributed by atoms with E-state index in [4.69, 9.17) is 9.51 Å². The number of likely N-dealkylation sites (tertiary alicyclic amines) is 1. The topological polar surface area (TPSA) is 92.4 Å². The molecule has 3 aromatic heterocycles. The van der Waals surface area contributed by atoms with Crippen LogP contribution >= 0.6 is 0 Å². The molecule has 1 aliphatic heterocycles. The van der Waals surface area contributed by atoms with Crippen LogP contribution in [0.5, 0.6) is 0 Å². The second-order valence-electron chi connectivity index (χ2n) is 7.43. The molecule has 4 heterocycles. The maximum atomic E-state index is 12.8. The number of amides is 1. The summed E-state index contributed by atoms with van der Waals surface area (Å²) in [7, 11) is 0. The lowest BCUT2D eigenvalue weighted by Crippen LogP contribution is -2.39. The number of aliphatic hydroxyl groups excluding tert-OH is 1. The second kappa shape index (κ2) is 8.13. The van der Waals surface area contributed by atoms with Gasteiger partial charge < -0.3 is 14.5 Å². The van der Waals surface area contributed by atoms with Crippen molar-refractivity contribution >= 4 is 5.91 Å². The number of carbonyl (C=O) groups excluding carboxylic acids is 1. The van der Waals surface area contributed by atoms with E-state index in [9.17, 15) is 9.90 Å². The molecule has 7 nitrogen and oxygen atoms in total. The molecule has 1 atom stereocenters. The summed E-state index contributed by atoms with van der Waals surface area (Å²) in [4.78, 5) is 23.7. The number of rotatable bonds is 4. The Balaban J connectivity index is 1.63. The third-order valence-electron chi connectivity index (χ3n) is 5.48. The third kappa shape index (κ3) is 3.78. The number of piperidine rings is 1. The first-order valence-electron chi connectivity index (χ1n) is 9.81. The molecule has 1 saturated heterocycles. The third-order valence-corrected chi connectivity index (χ3v) is 5.48. The Morgan fingerprint density at radius 1 is 1.31 bits per heavy atom. The lowest BCUT2D eigenvalue weighted by molar-refractivity contribution is 0.0705. The molecular formula is C22H24N4O3. The number of aryl methyl sites for hydroxylation is 2. The number of hydrogen-bond donors (Lipinski definition) is 1. The van der Waals surface area contributed by atoms with E-state index in [0.717, 1.165) is 41.9 Å². The summed E-state index contributed by atoms with van der Waals surface area (Å²) in [6, 6.07) is 7.43. The van der Waals surface area contributed by atoms with Crippen molar-refractivity contribution in [3.05, 3.63) is 64.9 Å². The van der Waals surface area contributed by atoms with Gasteiger partial charge in [-0.15, -0.1) is 0 Å². The highest BCUT2D eigenvalue weighted by atomic mass is 16.5. The number of aromatic nitrogens is 3. The van der Waals surface area contributed by atoms with Gasteiger partial charge in [0, 0.05) is 42.7 Å².